The molecule has 36 heavy (non-hydrogen) atoms. The van der Waals surface area contributed by atoms with E-state index >= 15 is 0 Å². The molecule has 1 aliphatic rings. The predicted molar refractivity (Wildman–Crippen MR) is 137 cm³/mol. The molecular weight excluding hydrogens is 459 g/mol. The zero-order valence-corrected chi connectivity index (χ0v) is 20.8. The van der Waals surface area contributed by atoms with Gasteiger partial charge in [-0.2, -0.15) is 0 Å². The summed E-state index contributed by atoms with van der Waals surface area (Å²) in [7, 11) is 1.56. The normalized spacial score (nSPS) is 13.8. The van der Waals surface area contributed by atoms with Crippen LogP contribution in [0, 0.1) is 11.7 Å². The number of hydrogen-bond acceptors (Lipinski definition) is 4. The van der Waals surface area contributed by atoms with Gasteiger partial charge in [0.1, 0.15) is 29.7 Å². The lowest BCUT2D eigenvalue weighted by Crippen LogP contribution is -2.08. The highest BCUT2D eigenvalue weighted by Crippen LogP contribution is 2.45. The summed E-state index contributed by atoms with van der Waals surface area (Å²) in [6, 6.07) is 18.0. The number of aliphatic carboxylic acids is 1. The van der Waals surface area contributed by atoms with Crippen molar-refractivity contribution in [3.8, 4) is 28.4 Å². The summed E-state index contributed by atoms with van der Waals surface area (Å²) < 4.78 is 32.1. The highest BCUT2D eigenvalue weighted by atomic mass is 19.1. The summed E-state index contributed by atoms with van der Waals surface area (Å²) >= 11 is 0. The van der Waals surface area contributed by atoms with Gasteiger partial charge in [0.15, 0.2) is 0 Å². The lowest BCUT2D eigenvalue weighted by atomic mass is 9.91. The highest BCUT2D eigenvalue weighted by molar-refractivity contribution is 5.72. The third-order valence-corrected chi connectivity index (χ3v) is 6.54. The van der Waals surface area contributed by atoms with Gasteiger partial charge in [-0.1, -0.05) is 37.6 Å². The molecule has 4 rings (SSSR count). The maximum Gasteiger partial charge on any atom is 0.303 e. The van der Waals surface area contributed by atoms with E-state index in [2.05, 4.69) is 6.92 Å². The van der Waals surface area contributed by atoms with E-state index in [1.54, 1.807) is 19.2 Å². The number of halogens is 1. The molecule has 0 bridgehead atoms. The topological polar surface area (TPSA) is 65.0 Å². The quantitative estimate of drug-likeness (QED) is 0.255. The Morgan fingerprint density at radius 1 is 1.03 bits per heavy atom. The van der Waals surface area contributed by atoms with Crippen molar-refractivity contribution in [2.75, 3.05) is 13.7 Å². The van der Waals surface area contributed by atoms with Gasteiger partial charge in [-0.3, -0.25) is 4.79 Å². The number of hydrogen-bond donors (Lipinski definition) is 1. The Bertz CT molecular complexity index is 1190. The van der Waals surface area contributed by atoms with Crippen molar-refractivity contribution in [2.24, 2.45) is 5.92 Å². The fourth-order valence-electron chi connectivity index (χ4n) is 4.41. The van der Waals surface area contributed by atoms with E-state index < -0.39 is 5.97 Å². The number of carbonyl (C=O) groups is 1. The Hall–Kier alpha value is -3.54. The Morgan fingerprint density at radius 2 is 1.86 bits per heavy atom. The molecule has 0 saturated heterocycles. The van der Waals surface area contributed by atoms with Crippen molar-refractivity contribution < 1.29 is 28.5 Å². The maximum absolute atomic E-state index is 14.7. The van der Waals surface area contributed by atoms with E-state index in [4.69, 9.17) is 14.2 Å². The van der Waals surface area contributed by atoms with E-state index in [9.17, 15) is 14.3 Å². The molecule has 1 aliphatic carbocycles. The third-order valence-electron chi connectivity index (χ3n) is 6.54. The Morgan fingerprint density at radius 3 is 2.58 bits per heavy atom. The molecule has 0 spiro atoms. The van der Waals surface area contributed by atoms with Gasteiger partial charge in [0.05, 0.1) is 20.1 Å². The molecule has 5 nitrogen and oxygen atoms in total. The molecule has 1 fully saturated rings. The van der Waals surface area contributed by atoms with Crippen LogP contribution in [-0.4, -0.2) is 24.8 Å². The van der Waals surface area contributed by atoms with Crippen LogP contribution in [0.5, 0.6) is 17.2 Å². The van der Waals surface area contributed by atoms with E-state index in [-0.39, 0.29) is 18.2 Å². The van der Waals surface area contributed by atoms with Gasteiger partial charge in [-0.15, -0.1) is 0 Å². The maximum atomic E-state index is 14.7. The number of carboxylic acids is 1. The molecule has 190 valence electrons. The van der Waals surface area contributed by atoms with Gasteiger partial charge >= 0.3 is 5.97 Å². The number of benzene rings is 3. The van der Waals surface area contributed by atoms with Crippen molar-refractivity contribution in [1.82, 2.24) is 0 Å². The summed E-state index contributed by atoms with van der Waals surface area (Å²) in [6.07, 6.45) is 4.17. The second-order valence-electron chi connectivity index (χ2n) is 9.28. The second kappa shape index (κ2) is 11.9. The van der Waals surface area contributed by atoms with E-state index in [1.807, 2.05) is 42.5 Å². The first kappa shape index (κ1) is 25.5. The fourth-order valence-corrected chi connectivity index (χ4v) is 4.41. The van der Waals surface area contributed by atoms with E-state index in [0.29, 0.717) is 47.5 Å². The minimum absolute atomic E-state index is 0.0154. The molecule has 6 heteroatoms. The van der Waals surface area contributed by atoms with Gasteiger partial charge in [0.2, 0.25) is 0 Å². The van der Waals surface area contributed by atoms with Gasteiger partial charge < -0.3 is 19.3 Å². The van der Waals surface area contributed by atoms with Gasteiger partial charge in [0, 0.05) is 11.1 Å². The summed E-state index contributed by atoms with van der Waals surface area (Å²) in [5.74, 6) is 1.20. The molecule has 1 saturated carbocycles. The Balaban J connectivity index is 1.54. The van der Waals surface area contributed by atoms with Crippen LogP contribution in [-0.2, 0) is 11.4 Å². The van der Waals surface area contributed by atoms with Gasteiger partial charge in [-0.25, -0.2) is 4.39 Å². The average Bonchev–Trinajstić information content (AvgIpc) is 3.72. The molecule has 0 unspecified atom stereocenters. The lowest BCUT2D eigenvalue weighted by Gasteiger charge is -2.17. The molecule has 1 atom stereocenters. The lowest BCUT2D eigenvalue weighted by molar-refractivity contribution is -0.137. The second-order valence-corrected chi connectivity index (χ2v) is 9.28. The van der Waals surface area contributed by atoms with Crippen LogP contribution in [0.1, 0.15) is 56.1 Å². The average molecular weight is 493 g/mol. The van der Waals surface area contributed by atoms with Crippen LogP contribution >= 0.6 is 0 Å². The zero-order chi connectivity index (χ0) is 25.5. The Labute approximate surface area is 211 Å². The van der Waals surface area contributed by atoms with Crippen LogP contribution in [0.4, 0.5) is 4.39 Å². The van der Waals surface area contributed by atoms with Crippen molar-refractivity contribution in [3.63, 3.8) is 0 Å². The first-order valence-electron chi connectivity index (χ1n) is 12.5. The molecule has 0 aromatic heterocycles. The molecule has 0 radical (unpaired) electrons. The van der Waals surface area contributed by atoms with Gasteiger partial charge in [0.25, 0.3) is 0 Å². The number of methoxy groups -OCH3 is 1. The SMILES string of the molecule is CCCCOc1cc(COc2cccc([C@H](CC(=O)O)C3CC3)c2)ccc1-c1cc(OC)ccc1F. The first-order chi connectivity index (χ1) is 17.5. The van der Waals surface area contributed by atoms with Crippen molar-refractivity contribution in [1.29, 1.82) is 0 Å². The van der Waals surface area contributed by atoms with Crippen molar-refractivity contribution in [2.45, 2.75) is 51.6 Å². The summed E-state index contributed by atoms with van der Waals surface area (Å²) in [6.45, 7) is 2.93. The van der Waals surface area contributed by atoms with Crippen LogP contribution in [0.25, 0.3) is 11.1 Å². The number of ether oxygens (including phenoxy) is 3. The fraction of sp³-hybridized carbons (Fsp3) is 0.367. The number of unbranched alkanes of at least 4 members (excludes halogenated alkanes) is 1. The van der Waals surface area contributed by atoms with E-state index in [0.717, 1.165) is 36.8 Å². The van der Waals surface area contributed by atoms with Crippen LogP contribution in [0.3, 0.4) is 0 Å². The standard InChI is InChI=1S/C30H33FO5/c1-3-4-14-35-29-15-20(8-12-25(29)27-17-23(34-2)11-13-28(27)31)19-36-24-7-5-6-22(16-24)26(18-30(32)33)21-9-10-21/h5-8,11-13,15-17,21,26H,3-4,9-10,14,18-19H2,1-2H3,(H,32,33)/t26-/m1/s1. The summed E-state index contributed by atoms with van der Waals surface area (Å²) in [5, 5.41) is 9.32. The minimum Gasteiger partial charge on any atom is -0.497 e. The molecule has 3 aromatic carbocycles. The van der Waals surface area contributed by atoms with Crippen molar-refractivity contribution in [3.05, 3.63) is 77.6 Å². The summed E-state index contributed by atoms with van der Waals surface area (Å²) in [5.41, 5.74) is 2.98. The molecular formula is C30H33FO5. The predicted octanol–water partition coefficient (Wildman–Crippen LogP) is 7.23. The molecule has 1 N–H and O–H groups in total. The van der Waals surface area contributed by atoms with Crippen LogP contribution in [0.15, 0.2) is 60.7 Å². The monoisotopic (exact) mass is 492 g/mol. The number of carboxylic acid groups (broad SMARTS) is 1. The largest absolute Gasteiger partial charge is 0.497 e. The van der Waals surface area contributed by atoms with Crippen LogP contribution in [0.2, 0.25) is 0 Å². The van der Waals surface area contributed by atoms with Crippen molar-refractivity contribution >= 4 is 5.97 Å². The molecule has 3 aromatic rings. The minimum atomic E-state index is -0.776. The Kier molecular flexibility index (Phi) is 8.47. The van der Waals surface area contributed by atoms with E-state index in [1.165, 1.54) is 6.07 Å². The van der Waals surface area contributed by atoms with Crippen LogP contribution < -0.4 is 14.2 Å². The number of rotatable bonds is 13. The molecule has 0 heterocycles. The summed E-state index contributed by atoms with van der Waals surface area (Å²) in [4.78, 5) is 11.4. The molecule has 0 amide bonds. The smallest absolute Gasteiger partial charge is 0.303 e. The first-order valence-corrected chi connectivity index (χ1v) is 12.5. The third kappa shape index (κ3) is 6.56. The highest BCUT2D eigenvalue weighted by Gasteiger charge is 2.33. The zero-order valence-electron chi connectivity index (χ0n) is 20.8. The molecule has 0 aliphatic heterocycles. The van der Waals surface area contributed by atoms with Gasteiger partial charge in [-0.05, 0) is 78.6 Å².